The zero-order valence-electron chi connectivity index (χ0n) is 13.6. The van der Waals surface area contributed by atoms with Gasteiger partial charge in [-0.05, 0) is 59.3 Å². The molecule has 24 heavy (non-hydrogen) atoms. The number of halogens is 2. The lowest BCUT2D eigenvalue weighted by Crippen LogP contribution is -2.59. The number of hydrogen-bond acceptors (Lipinski definition) is 3. The zero-order chi connectivity index (χ0) is 16.7. The molecule has 2 heterocycles. The van der Waals surface area contributed by atoms with Crippen LogP contribution in [0.1, 0.15) is 31.2 Å². The van der Waals surface area contributed by atoms with Crippen molar-refractivity contribution in [2.75, 3.05) is 26.2 Å². The van der Waals surface area contributed by atoms with Crippen LogP contribution in [0.3, 0.4) is 0 Å². The molecule has 3 aliphatic rings. The molecule has 1 saturated carbocycles. The molecule has 3 fully saturated rings. The molecule has 0 radical (unpaired) electrons. The first-order chi connectivity index (χ1) is 11.5. The lowest BCUT2D eigenvalue weighted by atomic mass is 9.89. The molecule has 2 aliphatic heterocycles. The Kier molecular flexibility index (Phi) is 4.63. The van der Waals surface area contributed by atoms with Crippen LogP contribution in [0.25, 0.3) is 0 Å². The van der Waals surface area contributed by atoms with E-state index >= 15 is 0 Å². The van der Waals surface area contributed by atoms with Gasteiger partial charge in [0.25, 0.3) is 0 Å². The van der Waals surface area contributed by atoms with Gasteiger partial charge in [-0.15, -0.1) is 0 Å². The average molecular weight is 414 g/mol. The fourth-order valence-corrected chi connectivity index (χ4v) is 4.23. The lowest BCUT2D eigenvalue weighted by Gasteiger charge is -2.47. The van der Waals surface area contributed by atoms with Gasteiger partial charge in [-0.25, -0.2) is 0 Å². The quantitative estimate of drug-likeness (QED) is 0.761. The van der Waals surface area contributed by atoms with Crippen molar-refractivity contribution in [1.82, 2.24) is 9.80 Å². The van der Waals surface area contributed by atoms with Crippen molar-refractivity contribution in [3.8, 4) is 0 Å². The number of nitrogens with zero attached hydrogens (tertiary/aromatic N) is 2. The highest BCUT2D eigenvalue weighted by atomic mass is 79.9. The molecule has 1 aromatic carbocycles. The largest absolute Gasteiger partial charge is 0.363 e. The second-order valence-corrected chi connectivity index (χ2v) is 8.51. The Bertz CT molecular complexity index is 642. The number of carbonyl (C=O) groups excluding carboxylic acids is 1. The van der Waals surface area contributed by atoms with Crippen molar-refractivity contribution in [1.29, 1.82) is 0 Å². The number of piperidine rings is 1. The minimum absolute atomic E-state index is 0.121. The van der Waals surface area contributed by atoms with E-state index in [1.807, 2.05) is 12.1 Å². The predicted octanol–water partition coefficient (Wildman–Crippen LogP) is 3.46. The monoisotopic (exact) mass is 412 g/mol. The first kappa shape index (κ1) is 16.8. The molecule has 1 aliphatic carbocycles. The first-order valence-electron chi connectivity index (χ1n) is 8.64. The third-order valence-corrected chi connectivity index (χ3v) is 6.66. The summed E-state index contributed by atoms with van der Waals surface area (Å²) in [7, 11) is 0. The summed E-state index contributed by atoms with van der Waals surface area (Å²) in [6.07, 6.45) is 4.32. The highest BCUT2D eigenvalue weighted by molar-refractivity contribution is 9.10. The van der Waals surface area contributed by atoms with Crippen molar-refractivity contribution in [2.45, 2.75) is 43.9 Å². The van der Waals surface area contributed by atoms with E-state index in [4.69, 9.17) is 16.3 Å². The number of hydrogen-bond donors (Lipinski definition) is 0. The van der Waals surface area contributed by atoms with E-state index < -0.39 is 0 Å². The number of likely N-dealkylation sites (tertiary alicyclic amines) is 1. The number of morpholine rings is 1. The van der Waals surface area contributed by atoms with Crippen LogP contribution < -0.4 is 0 Å². The average Bonchev–Trinajstić information content (AvgIpc) is 3.41. The van der Waals surface area contributed by atoms with Crippen LogP contribution >= 0.6 is 27.5 Å². The van der Waals surface area contributed by atoms with Crippen LogP contribution in [0.5, 0.6) is 0 Å². The fraction of sp³-hybridized carbons (Fsp3) is 0.611. The molecule has 6 heteroatoms. The van der Waals surface area contributed by atoms with Crippen LogP contribution in [-0.2, 0) is 16.1 Å². The molecule has 0 unspecified atom stereocenters. The van der Waals surface area contributed by atoms with Crippen LogP contribution in [0.2, 0.25) is 5.02 Å². The maximum Gasteiger partial charge on any atom is 0.248 e. The molecule has 4 nitrogen and oxygen atoms in total. The van der Waals surface area contributed by atoms with Gasteiger partial charge in [0.05, 0.1) is 17.2 Å². The molecule has 0 N–H and O–H groups in total. The fourth-order valence-electron chi connectivity index (χ4n) is 3.78. The summed E-state index contributed by atoms with van der Waals surface area (Å²) in [5, 5.41) is 0.759. The van der Waals surface area contributed by atoms with Crippen molar-refractivity contribution in [3.05, 3.63) is 33.3 Å². The van der Waals surface area contributed by atoms with Crippen molar-refractivity contribution < 1.29 is 9.53 Å². The Morgan fingerprint density at radius 2 is 2.04 bits per heavy atom. The maximum absolute atomic E-state index is 12.0. The Labute approximate surface area is 156 Å². The first-order valence-corrected chi connectivity index (χ1v) is 9.81. The van der Waals surface area contributed by atoms with Gasteiger partial charge in [0, 0.05) is 30.1 Å². The summed E-state index contributed by atoms with van der Waals surface area (Å²) in [6.45, 7) is 3.96. The smallest absolute Gasteiger partial charge is 0.248 e. The standard InChI is InChI=1S/C18H22BrClN2O2/c19-15-4-1-13(9-16(15)20)10-21-7-5-18(6-8-21)12-22(14-2-3-14)17(23)11-24-18/h1,4,9,14H,2-3,5-8,10-12H2. The summed E-state index contributed by atoms with van der Waals surface area (Å²) in [5.74, 6) is 0.176. The molecule has 1 spiro atoms. The Balaban J connectivity index is 1.36. The number of ether oxygens (including phenoxy) is 1. The van der Waals surface area contributed by atoms with Gasteiger partial charge in [-0.1, -0.05) is 17.7 Å². The molecule has 0 atom stereocenters. The van der Waals surface area contributed by atoms with Gasteiger partial charge >= 0.3 is 0 Å². The highest BCUT2D eigenvalue weighted by Crippen LogP contribution is 2.36. The van der Waals surface area contributed by atoms with Crippen molar-refractivity contribution in [3.63, 3.8) is 0 Å². The molecule has 0 aromatic heterocycles. The number of carbonyl (C=O) groups is 1. The van der Waals surface area contributed by atoms with E-state index in [9.17, 15) is 4.79 Å². The zero-order valence-corrected chi connectivity index (χ0v) is 16.0. The van der Waals surface area contributed by atoms with Crippen molar-refractivity contribution in [2.24, 2.45) is 0 Å². The van der Waals surface area contributed by atoms with Crippen LogP contribution in [0.15, 0.2) is 22.7 Å². The second kappa shape index (κ2) is 6.60. The predicted molar refractivity (Wildman–Crippen MR) is 97.1 cm³/mol. The van der Waals surface area contributed by atoms with Crippen LogP contribution in [-0.4, -0.2) is 53.6 Å². The third kappa shape index (κ3) is 3.50. The summed E-state index contributed by atoms with van der Waals surface area (Å²) < 4.78 is 6.95. The van der Waals surface area contributed by atoms with E-state index in [2.05, 4.69) is 31.8 Å². The lowest BCUT2D eigenvalue weighted by molar-refractivity contribution is -0.172. The SMILES string of the molecule is O=C1COC2(CCN(Cc3ccc(Br)c(Cl)c3)CC2)CN1C1CC1. The molecule has 4 rings (SSSR count). The van der Waals surface area contributed by atoms with Crippen LogP contribution in [0, 0.1) is 0 Å². The van der Waals surface area contributed by atoms with E-state index in [1.54, 1.807) is 0 Å². The normalized spacial score (nSPS) is 24.6. The third-order valence-electron chi connectivity index (χ3n) is 5.43. The summed E-state index contributed by atoms with van der Waals surface area (Å²) >= 11 is 9.63. The van der Waals surface area contributed by atoms with Crippen molar-refractivity contribution >= 4 is 33.4 Å². The number of amides is 1. The summed E-state index contributed by atoms with van der Waals surface area (Å²) in [6, 6.07) is 6.64. The minimum Gasteiger partial charge on any atom is -0.363 e. The molecule has 0 bridgehead atoms. The molecule has 1 amide bonds. The molecule has 130 valence electrons. The maximum atomic E-state index is 12.0. The van der Waals surface area contributed by atoms with Gasteiger partial charge in [-0.3, -0.25) is 9.69 Å². The number of rotatable bonds is 3. The summed E-state index contributed by atoms with van der Waals surface area (Å²) in [5.41, 5.74) is 1.11. The Morgan fingerprint density at radius 1 is 1.29 bits per heavy atom. The van der Waals surface area contributed by atoms with E-state index in [0.29, 0.717) is 6.04 Å². The molecular formula is C18H22BrClN2O2. The van der Waals surface area contributed by atoms with Gasteiger partial charge in [0.1, 0.15) is 6.61 Å². The van der Waals surface area contributed by atoms with E-state index in [-0.39, 0.29) is 18.1 Å². The summed E-state index contributed by atoms with van der Waals surface area (Å²) in [4.78, 5) is 16.6. The Hall–Kier alpha value is -0.620. The van der Waals surface area contributed by atoms with E-state index in [1.165, 1.54) is 5.56 Å². The van der Waals surface area contributed by atoms with Gasteiger partial charge in [0.15, 0.2) is 0 Å². The van der Waals surface area contributed by atoms with Gasteiger partial charge < -0.3 is 9.64 Å². The molecule has 2 saturated heterocycles. The number of benzene rings is 1. The second-order valence-electron chi connectivity index (χ2n) is 7.25. The van der Waals surface area contributed by atoms with Crippen LogP contribution in [0.4, 0.5) is 0 Å². The molecule has 1 aromatic rings. The van der Waals surface area contributed by atoms with Gasteiger partial charge in [-0.2, -0.15) is 0 Å². The molecular weight excluding hydrogens is 392 g/mol. The highest BCUT2D eigenvalue weighted by Gasteiger charge is 2.46. The topological polar surface area (TPSA) is 32.8 Å². The van der Waals surface area contributed by atoms with Gasteiger partial charge in [0.2, 0.25) is 5.91 Å². The Morgan fingerprint density at radius 3 is 2.71 bits per heavy atom. The minimum atomic E-state index is -0.121. The van der Waals surface area contributed by atoms with E-state index in [0.717, 1.165) is 61.4 Å².